The van der Waals surface area contributed by atoms with Crippen molar-refractivity contribution in [3.63, 3.8) is 0 Å². The second-order valence-corrected chi connectivity index (χ2v) is 5.09. The van der Waals surface area contributed by atoms with Gasteiger partial charge in [0.2, 0.25) is 0 Å². The Morgan fingerprint density at radius 1 is 1.28 bits per heavy atom. The molecule has 0 aromatic rings. The maximum absolute atomic E-state index is 11.8. The van der Waals surface area contributed by atoms with E-state index in [4.69, 9.17) is 5.11 Å². The molecular formula is C13H26N2O3. The molecule has 0 unspecified atom stereocenters. The summed E-state index contributed by atoms with van der Waals surface area (Å²) < 4.78 is 0. The van der Waals surface area contributed by atoms with Crippen LogP contribution in [0.15, 0.2) is 0 Å². The zero-order chi connectivity index (χ0) is 14.1. The van der Waals surface area contributed by atoms with E-state index < -0.39 is 12.0 Å². The van der Waals surface area contributed by atoms with Crippen LogP contribution in [0, 0.1) is 5.92 Å². The fraction of sp³-hybridized carbons (Fsp3) is 0.846. The molecular weight excluding hydrogens is 232 g/mol. The van der Waals surface area contributed by atoms with Crippen molar-refractivity contribution in [3.8, 4) is 0 Å². The molecule has 5 nitrogen and oxygen atoms in total. The molecule has 0 fully saturated rings. The second-order valence-electron chi connectivity index (χ2n) is 5.09. The topological polar surface area (TPSA) is 69.6 Å². The van der Waals surface area contributed by atoms with E-state index >= 15 is 0 Å². The van der Waals surface area contributed by atoms with Crippen LogP contribution in [0.3, 0.4) is 0 Å². The minimum atomic E-state index is -0.964. The third-order valence-corrected chi connectivity index (χ3v) is 2.83. The number of nitrogens with zero attached hydrogens (tertiary/aromatic N) is 1. The molecule has 0 spiro atoms. The fourth-order valence-corrected chi connectivity index (χ4v) is 1.48. The molecule has 0 aromatic heterocycles. The van der Waals surface area contributed by atoms with Crippen LogP contribution in [0.25, 0.3) is 0 Å². The Balaban J connectivity index is 4.18. The maximum Gasteiger partial charge on any atom is 0.326 e. The zero-order valence-electron chi connectivity index (χ0n) is 11.9. The van der Waals surface area contributed by atoms with Gasteiger partial charge in [-0.25, -0.2) is 9.59 Å². The van der Waals surface area contributed by atoms with Crippen LogP contribution in [-0.4, -0.2) is 41.6 Å². The fourth-order valence-electron chi connectivity index (χ4n) is 1.48. The van der Waals surface area contributed by atoms with Gasteiger partial charge in [0.05, 0.1) is 0 Å². The first kappa shape index (κ1) is 16.7. The number of hydrogen-bond donors (Lipinski definition) is 2. The smallest absolute Gasteiger partial charge is 0.326 e. The molecule has 0 heterocycles. The molecule has 106 valence electrons. The third-order valence-electron chi connectivity index (χ3n) is 2.83. The lowest BCUT2D eigenvalue weighted by molar-refractivity contribution is -0.139. The number of urea groups is 1. The van der Waals surface area contributed by atoms with Crippen LogP contribution in [0.1, 0.15) is 46.5 Å². The molecule has 2 amide bonds. The summed E-state index contributed by atoms with van der Waals surface area (Å²) >= 11 is 0. The number of amides is 2. The first-order valence-electron chi connectivity index (χ1n) is 6.62. The molecule has 0 aliphatic carbocycles. The van der Waals surface area contributed by atoms with Gasteiger partial charge in [-0.1, -0.05) is 33.6 Å². The highest BCUT2D eigenvalue weighted by Crippen LogP contribution is 2.04. The summed E-state index contributed by atoms with van der Waals surface area (Å²) in [6, 6.07) is -1.09. The predicted molar refractivity (Wildman–Crippen MR) is 71.6 cm³/mol. The van der Waals surface area contributed by atoms with Crippen LogP contribution in [-0.2, 0) is 4.79 Å². The molecule has 2 N–H and O–H groups in total. The monoisotopic (exact) mass is 258 g/mol. The molecule has 0 rings (SSSR count). The van der Waals surface area contributed by atoms with E-state index in [0.29, 0.717) is 18.9 Å². The number of hydrogen-bond acceptors (Lipinski definition) is 2. The van der Waals surface area contributed by atoms with Gasteiger partial charge in [-0.3, -0.25) is 0 Å². The molecule has 5 heteroatoms. The van der Waals surface area contributed by atoms with Crippen molar-refractivity contribution >= 4 is 12.0 Å². The van der Waals surface area contributed by atoms with Gasteiger partial charge in [0.1, 0.15) is 6.04 Å². The summed E-state index contributed by atoms with van der Waals surface area (Å²) in [6.45, 7) is 6.82. The van der Waals surface area contributed by atoms with Crippen LogP contribution in [0.5, 0.6) is 0 Å². The van der Waals surface area contributed by atoms with Gasteiger partial charge >= 0.3 is 12.0 Å². The van der Waals surface area contributed by atoms with Crippen LogP contribution in [0.4, 0.5) is 4.79 Å². The number of aliphatic carboxylic acids is 1. The van der Waals surface area contributed by atoms with Crippen LogP contribution < -0.4 is 5.32 Å². The molecule has 18 heavy (non-hydrogen) atoms. The van der Waals surface area contributed by atoms with Gasteiger partial charge in [-0.05, 0) is 18.8 Å². The highest BCUT2D eigenvalue weighted by atomic mass is 16.4. The molecule has 0 bridgehead atoms. The van der Waals surface area contributed by atoms with E-state index in [1.165, 1.54) is 0 Å². The number of carboxylic acid groups (broad SMARTS) is 1. The Labute approximate surface area is 110 Å². The zero-order valence-corrected chi connectivity index (χ0v) is 11.9. The number of carboxylic acids is 1. The molecule has 0 aliphatic rings. The number of unbranched alkanes of at least 4 members (excludes halogenated alkanes) is 1. The summed E-state index contributed by atoms with van der Waals surface area (Å²) in [5, 5.41) is 11.6. The van der Waals surface area contributed by atoms with E-state index in [2.05, 4.69) is 19.2 Å². The second kappa shape index (κ2) is 8.78. The van der Waals surface area contributed by atoms with Crippen molar-refractivity contribution in [3.05, 3.63) is 0 Å². The number of carbonyl (C=O) groups is 2. The van der Waals surface area contributed by atoms with E-state index in [1.807, 2.05) is 6.92 Å². The largest absolute Gasteiger partial charge is 0.480 e. The standard InChI is InChI=1S/C13H26N2O3/c1-5-6-7-11(12(16)17)14-13(18)15(4)9-8-10(2)3/h10-11H,5-9H2,1-4H3,(H,14,18)(H,16,17)/t11-/m0/s1. The van der Waals surface area contributed by atoms with E-state index in [9.17, 15) is 9.59 Å². The normalized spacial score (nSPS) is 12.3. The van der Waals surface area contributed by atoms with Crippen molar-refractivity contribution in [2.75, 3.05) is 13.6 Å². The Hall–Kier alpha value is -1.26. The summed E-state index contributed by atoms with van der Waals surface area (Å²) in [7, 11) is 1.69. The summed E-state index contributed by atoms with van der Waals surface area (Å²) in [5.41, 5.74) is 0. The summed E-state index contributed by atoms with van der Waals surface area (Å²) in [5.74, 6) is -0.440. The Bertz CT molecular complexity index is 267. The first-order chi connectivity index (χ1) is 8.38. The van der Waals surface area contributed by atoms with Gasteiger partial charge < -0.3 is 15.3 Å². The van der Waals surface area contributed by atoms with E-state index in [-0.39, 0.29) is 6.03 Å². The predicted octanol–water partition coefficient (Wildman–Crippen LogP) is 2.32. The average Bonchev–Trinajstić information content (AvgIpc) is 2.30. The number of carbonyl (C=O) groups excluding carboxylic acids is 1. The number of rotatable bonds is 8. The number of nitrogens with one attached hydrogen (secondary N) is 1. The summed E-state index contributed by atoms with van der Waals surface area (Å²) in [4.78, 5) is 24.3. The highest BCUT2D eigenvalue weighted by Gasteiger charge is 2.20. The molecule has 1 atom stereocenters. The van der Waals surface area contributed by atoms with Gasteiger partial charge in [-0.15, -0.1) is 0 Å². The van der Waals surface area contributed by atoms with Crippen LogP contribution in [0.2, 0.25) is 0 Å². The SMILES string of the molecule is CCCC[C@H](NC(=O)N(C)CCC(C)C)C(=O)O. The van der Waals surface area contributed by atoms with E-state index in [0.717, 1.165) is 19.3 Å². The minimum absolute atomic E-state index is 0.306. The summed E-state index contributed by atoms with van der Waals surface area (Å²) in [6.07, 6.45) is 3.11. The van der Waals surface area contributed by atoms with Crippen molar-refractivity contribution in [1.82, 2.24) is 10.2 Å². The van der Waals surface area contributed by atoms with Gasteiger partial charge in [0.25, 0.3) is 0 Å². The Kier molecular flexibility index (Phi) is 8.16. The van der Waals surface area contributed by atoms with Crippen molar-refractivity contribution < 1.29 is 14.7 Å². The van der Waals surface area contributed by atoms with Gasteiger partial charge in [-0.2, -0.15) is 0 Å². The quantitative estimate of drug-likeness (QED) is 0.702. The van der Waals surface area contributed by atoms with Crippen molar-refractivity contribution in [2.45, 2.75) is 52.5 Å². The van der Waals surface area contributed by atoms with Gasteiger partial charge in [0, 0.05) is 13.6 Å². The third kappa shape index (κ3) is 7.14. The lowest BCUT2D eigenvalue weighted by atomic mass is 10.1. The average molecular weight is 258 g/mol. The van der Waals surface area contributed by atoms with Crippen molar-refractivity contribution in [1.29, 1.82) is 0 Å². The Morgan fingerprint density at radius 3 is 2.33 bits per heavy atom. The molecule has 0 saturated heterocycles. The molecule has 0 aromatic carbocycles. The van der Waals surface area contributed by atoms with E-state index in [1.54, 1.807) is 11.9 Å². The molecule has 0 radical (unpaired) electrons. The lowest BCUT2D eigenvalue weighted by Crippen LogP contribution is -2.47. The molecule has 0 aliphatic heterocycles. The maximum atomic E-state index is 11.8. The Morgan fingerprint density at radius 2 is 1.89 bits per heavy atom. The lowest BCUT2D eigenvalue weighted by Gasteiger charge is -2.22. The highest BCUT2D eigenvalue weighted by molar-refractivity contribution is 5.82. The van der Waals surface area contributed by atoms with Gasteiger partial charge in [0.15, 0.2) is 0 Å². The minimum Gasteiger partial charge on any atom is -0.480 e. The first-order valence-corrected chi connectivity index (χ1v) is 6.62. The molecule has 0 saturated carbocycles. The van der Waals surface area contributed by atoms with Crippen LogP contribution >= 0.6 is 0 Å². The van der Waals surface area contributed by atoms with Crippen molar-refractivity contribution in [2.24, 2.45) is 5.92 Å².